The highest BCUT2D eigenvalue weighted by Gasteiger charge is 2.41. The first-order valence-electron chi connectivity index (χ1n) is 7.17. The normalized spacial score (nSPS) is 24.0. The van der Waals surface area contributed by atoms with Gasteiger partial charge >= 0.3 is 0 Å². The molecule has 0 amide bonds. The zero-order valence-electron chi connectivity index (χ0n) is 12.6. The lowest BCUT2D eigenvalue weighted by Gasteiger charge is -2.36. The molecule has 114 valence electrons. The molecule has 0 spiro atoms. The van der Waals surface area contributed by atoms with E-state index in [1.165, 1.54) is 5.56 Å². The summed E-state index contributed by atoms with van der Waals surface area (Å²) in [6.07, 6.45) is 7.72. The lowest BCUT2D eigenvalue weighted by Crippen LogP contribution is -2.50. The third kappa shape index (κ3) is 2.60. The minimum Gasteiger partial charge on any atom is -0.319 e. The summed E-state index contributed by atoms with van der Waals surface area (Å²) in [6, 6.07) is 10.4. The van der Waals surface area contributed by atoms with Gasteiger partial charge in [0.2, 0.25) is 0 Å². The molecule has 1 aliphatic heterocycles. The Bertz CT molecular complexity index is 682. The smallest absolute Gasteiger partial charge is 0.179 e. The standard InChI is InChI=1S/C17H18Cl2N3/c1-13-21(12-14-6-4-3-5-7-14)8-9-22(13,2)17-15(18)10-20-11-16(17)19/h3-11,13H,12H2,1-2H3/q+1. The topological polar surface area (TPSA) is 16.1 Å². The average molecular weight is 335 g/mol. The minimum atomic E-state index is 0.192. The van der Waals surface area contributed by atoms with Crippen LogP contribution in [0.2, 0.25) is 10.0 Å². The predicted octanol–water partition coefficient (Wildman–Crippen LogP) is 4.66. The van der Waals surface area contributed by atoms with Gasteiger partial charge in [0.25, 0.3) is 0 Å². The zero-order chi connectivity index (χ0) is 15.7. The van der Waals surface area contributed by atoms with Gasteiger partial charge in [-0.15, -0.1) is 0 Å². The summed E-state index contributed by atoms with van der Waals surface area (Å²) < 4.78 is 0.535. The summed E-state index contributed by atoms with van der Waals surface area (Å²) in [4.78, 5) is 6.34. The van der Waals surface area contributed by atoms with E-state index in [1.807, 2.05) is 6.07 Å². The molecule has 2 atom stereocenters. The van der Waals surface area contributed by atoms with Crippen molar-refractivity contribution in [2.24, 2.45) is 0 Å². The van der Waals surface area contributed by atoms with Crippen LogP contribution in [0.5, 0.6) is 0 Å². The van der Waals surface area contributed by atoms with Crippen LogP contribution in [0.1, 0.15) is 12.5 Å². The van der Waals surface area contributed by atoms with E-state index in [-0.39, 0.29) is 6.17 Å². The van der Waals surface area contributed by atoms with Crippen LogP contribution in [-0.4, -0.2) is 23.1 Å². The van der Waals surface area contributed by atoms with Crippen molar-refractivity contribution in [3.63, 3.8) is 0 Å². The number of hydrogen-bond acceptors (Lipinski definition) is 2. The molecule has 3 nitrogen and oxygen atoms in total. The molecule has 0 fully saturated rings. The second kappa shape index (κ2) is 5.92. The molecule has 5 heteroatoms. The van der Waals surface area contributed by atoms with Crippen molar-refractivity contribution in [2.75, 3.05) is 7.05 Å². The van der Waals surface area contributed by atoms with E-state index in [2.05, 4.69) is 60.5 Å². The molecule has 0 saturated carbocycles. The predicted molar refractivity (Wildman–Crippen MR) is 92.6 cm³/mol. The number of benzene rings is 1. The molecule has 2 unspecified atom stereocenters. The van der Waals surface area contributed by atoms with Gasteiger partial charge in [-0.1, -0.05) is 53.5 Å². The average Bonchev–Trinajstić information content (AvgIpc) is 2.77. The quantitative estimate of drug-likeness (QED) is 0.759. The van der Waals surface area contributed by atoms with Crippen molar-refractivity contribution in [3.8, 4) is 0 Å². The van der Waals surface area contributed by atoms with Crippen molar-refractivity contribution in [1.82, 2.24) is 14.4 Å². The van der Waals surface area contributed by atoms with Crippen LogP contribution in [-0.2, 0) is 6.54 Å². The Morgan fingerprint density at radius 1 is 1.14 bits per heavy atom. The maximum absolute atomic E-state index is 6.36. The Hall–Kier alpha value is -1.55. The van der Waals surface area contributed by atoms with E-state index < -0.39 is 0 Å². The molecule has 0 radical (unpaired) electrons. The van der Waals surface area contributed by atoms with Crippen LogP contribution in [0, 0.1) is 0 Å². The molecule has 0 saturated heterocycles. The second-order valence-corrected chi connectivity index (χ2v) is 6.50. The lowest BCUT2D eigenvalue weighted by molar-refractivity contribution is 0.190. The number of hydrogen-bond donors (Lipinski definition) is 0. The fourth-order valence-corrected chi connectivity index (χ4v) is 3.62. The Morgan fingerprint density at radius 2 is 1.77 bits per heavy atom. The maximum atomic E-state index is 6.36. The third-order valence-corrected chi connectivity index (χ3v) is 4.90. The fraction of sp³-hybridized carbons (Fsp3) is 0.235. The number of pyridine rings is 1. The molecular formula is C17H18Cl2N3+. The van der Waals surface area contributed by atoms with E-state index in [1.54, 1.807) is 12.4 Å². The van der Waals surface area contributed by atoms with Crippen molar-refractivity contribution < 1.29 is 0 Å². The maximum Gasteiger partial charge on any atom is 0.179 e. The van der Waals surface area contributed by atoms with Gasteiger partial charge in [0.1, 0.15) is 16.2 Å². The molecule has 0 N–H and O–H groups in total. The summed E-state index contributed by atoms with van der Waals surface area (Å²) >= 11 is 12.7. The Labute approximate surface area is 141 Å². The van der Waals surface area contributed by atoms with Gasteiger partial charge in [-0.3, -0.25) is 4.98 Å². The van der Waals surface area contributed by atoms with Gasteiger partial charge in [0, 0.05) is 13.5 Å². The zero-order valence-corrected chi connectivity index (χ0v) is 14.1. The SMILES string of the molecule is CC1N(Cc2ccccc2)C=C[N+]1(C)c1c(Cl)cncc1Cl. The van der Waals surface area contributed by atoms with E-state index >= 15 is 0 Å². The van der Waals surface area contributed by atoms with Gasteiger partial charge < -0.3 is 4.90 Å². The van der Waals surface area contributed by atoms with Crippen molar-refractivity contribution in [3.05, 3.63) is 70.7 Å². The van der Waals surface area contributed by atoms with Gasteiger partial charge in [0.05, 0.1) is 25.6 Å². The molecule has 1 aromatic heterocycles. The third-order valence-electron chi connectivity index (χ3n) is 4.34. The second-order valence-electron chi connectivity index (χ2n) is 5.69. The van der Waals surface area contributed by atoms with Crippen LogP contribution < -0.4 is 4.48 Å². The molecule has 0 aliphatic carbocycles. The summed E-state index contributed by atoms with van der Waals surface area (Å²) in [5, 5.41) is 1.18. The molecule has 0 bridgehead atoms. The summed E-state index contributed by atoms with van der Waals surface area (Å²) in [5.41, 5.74) is 2.16. The Kier molecular flexibility index (Phi) is 4.13. The minimum absolute atomic E-state index is 0.192. The highest BCUT2D eigenvalue weighted by Crippen LogP contribution is 2.41. The van der Waals surface area contributed by atoms with E-state index in [0.29, 0.717) is 14.5 Å². The lowest BCUT2D eigenvalue weighted by atomic mass is 10.2. The molecule has 3 rings (SSSR count). The van der Waals surface area contributed by atoms with Gasteiger partial charge in [-0.05, 0) is 5.56 Å². The molecule has 22 heavy (non-hydrogen) atoms. The first-order chi connectivity index (χ1) is 10.5. The van der Waals surface area contributed by atoms with E-state index in [0.717, 1.165) is 12.2 Å². The Morgan fingerprint density at radius 3 is 2.41 bits per heavy atom. The number of nitrogens with zero attached hydrogens (tertiary/aromatic N) is 3. The Balaban J connectivity index is 1.90. The number of rotatable bonds is 3. The van der Waals surface area contributed by atoms with Gasteiger partial charge in [-0.2, -0.15) is 0 Å². The number of quaternary nitrogens is 1. The molecule has 1 aromatic carbocycles. The van der Waals surface area contributed by atoms with Gasteiger partial charge in [-0.25, -0.2) is 4.48 Å². The highest BCUT2D eigenvalue weighted by molar-refractivity contribution is 6.38. The van der Waals surface area contributed by atoms with Crippen molar-refractivity contribution >= 4 is 28.9 Å². The summed E-state index contributed by atoms with van der Waals surface area (Å²) in [6.45, 7) is 3.03. The summed E-state index contributed by atoms with van der Waals surface area (Å²) in [7, 11) is 2.11. The van der Waals surface area contributed by atoms with E-state index in [4.69, 9.17) is 23.2 Å². The van der Waals surface area contributed by atoms with Crippen LogP contribution in [0.3, 0.4) is 0 Å². The van der Waals surface area contributed by atoms with Crippen LogP contribution >= 0.6 is 23.2 Å². The highest BCUT2D eigenvalue weighted by atomic mass is 35.5. The van der Waals surface area contributed by atoms with Crippen molar-refractivity contribution in [1.29, 1.82) is 0 Å². The first-order valence-corrected chi connectivity index (χ1v) is 7.92. The molecule has 2 heterocycles. The van der Waals surface area contributed by atoms with Crippen LogP contribution in [0.4, 0.5) is 5.69 Å². The number of halogens is 2. The van der Waals surface area contributed by atoms with Crippen molar-refractivity contribution in [2.45, 2.75) is 19.6 Å². The van der Waals surface area contributed by atoms with Crippen LogP contribution in [0.25, 0.3) is 0 Å². The monoisotopic (exact) mass is 334 g/mol. The molecule has 1 aliphatic rings. The number of aromatic nitrogens is 1. The van der Waals surface area contributed by atoms with E-state index in [9.17, 15) is 0 Å². The molecular weight excluding hydrogens is 317 g/mol. The molecule has 2 aromatic rings. The van der Waals surface area contributed by atoms with Gasteiger partial charge in [0.15, 0.2) is 11.9 Å². The first kappa shape index (κ1) is 15.3. The largest absolute Gasteiger partial charge is 0.319 e. The summed E-state index contributed by atoms with van der Waals surface area (Å²) in [5.74, 6) is 0. The van der Waals surface area contributed by atoms with Crippen LogP contribution in [0.15, 0.2) is 55.1 Å². The fourth-order valence-electron chi connectivity index (χ4n) is 2.89.